The summed E-state index contributed by atoms with van der Waals surface area (Å²) in [5.74, 6) is 1.25. The first-order chi connectivity index (χ1) is 13.7. The first-order valence-electron chi connectivity index (χ1n) is 9.69. The first-order valence-corrected chi connectivity index (χ1v) is 9.69. The molecule has 4 nitrogen and oxygen atoms in total. The van der Waals surface area contributed by atoms with E-state index in [1.165, 1.54) is 5.56 Å². The zero-order valence-electron chi connectivity index (χ0n) is 16.4. The molecule has 144 valence electrons. The van der Waals surface area contributed by atoms with Gasteiger partial charge in [-0.05, 0) is 43.2 Å². The summed E-state index contributed by atoms with van der Waals surface area (Å²) >= 11 is 0. The largest absolute Gasteiger partial charge is 0.489 e. The van der Waals surface area contributed by atoms with Gasteiger partial charge in [0, 0.05) is 18.3 Å². The van der Waals surface area contributed by atoms with E-state index in [4.69, 9.17) is 4.74 Å². The number of carbonyl (C=O) groups excluding carboxylic acids is 1. The maximum atomic E-state index is 13.0. The van der Waals surface area contributed by atoms with Crippen molar-refractivity contribution >= 4 is 11.6 Å². The van der Waals surface area contributed by atoms with E-state index >= 15 is 0 Å². The number of hydrogen-bond donors (Lipinski definition) is 1. The Balaban J connectivity index is 1.74. The second-order valence-electron chi connectivity index (χ2n) is 6.81. The molecule has 0 aliphatic rings. The third-order valence-electron chi connectivity index (χ3n) is 4.46. The molecule has 1 heterocycles. The van der Waals surface area contributed by atoms with Gasteiger partial charge in [0.1, 0.15) is 18.2 Å². The monoisotopic (exact) mass is 374 g/mol. The van der Waals surface area contributed by atoms with E-state index in [9.17, 15) is 4.79 Å². The normalized spacial score (nSPS) is 10.5. The number of pyridine rings is 1. The smallest absolute Gasteiger partial charge is 0.196 e. The molecule has 0 bridgehead atoms. The van der Waals surface area contributed by atoms with Gasteiger partial charge in [0.15, 0.2) is 5.78 Å². The molecule has 0 unspecified atom stereocenters. The van der Waals surface area contributed by atoms with Gasteiger partial charge in [-0.15, -0.1) is 0 Å². The predicted octanol–water partition coefficient (Wildman–Crippen LogP) is 5.41. The highest BCUT2D eigenvalue weighted by atomic mass is 16.5. The van der Waals surface area contributed by atoms with Crippen LogP contribution in [0.1, 0.15) is 46.8 Å². The minimum absolute atomic E-state index is 0.0619. The summed E-state index contributed by atoms with van der Waals surface area (Å²) in [4.78, 5) is 17.4. The summed E-state index contributed by atoms with van der Waals surface area (Å²) in [5.41, 5.74) is 3.47. The number of ketones is 1. The van der Waals surface area contributed by atoms with Gasteiger partial charge in [0.25, 0.3) is 0 Å². The highest BCUT2D eigenvalue weighted by Crippen LogP contribution is 2.21. The van der Waals surface area contributed by atoms with Crippen LogP contribution in [0.15, 0.2) is 66.9 Å². The van der Waals surface area contributed by atoms with Crippen molar-refractivity contribution in [1.82, 2.24) is 4.98 Å². The number of aromatic nitrogens is 1. The Kier molecular flexibility index (Phi) is 6.79. The van der Waals surface area contributed by atoms with Crippen molar-refractivity contribution in [1.29, 1.82) is 0 Å². The van der Waals surface area contributed by atoms with E-state index in [0.29, 0.717) is 29.3 Å². The van der Waals surface area contributed by atoms with Crippen LogP contribution in [0, 0.1) is 6.92 Å². The number of nitrogens with zero attached hydrogens (tertiary/aromatic N) is 1. The molecular formula is C24H26N2O2. The maximum absolute atomic E-state index is 13.0. The number of rotatable bonds is 9. The zero-order valence-corrected chi connectivity index (χ0v) is 16.4. The minimum atomic E-state index is -0.0619. The molecule has 0 fully saturated rings. The SMILES string of the molecule is CCCCNc1ncccc1C(=O)c1cccc(OCc2cccc(C)c2)c1. The van der Waals surface area contributed by atoms with E-state index in [0.717, 1.165) is 24.9 Å². The van der Waals surface area contributed by atoms with Crippen LogP contribution in [0.3, 0.4) is 0 Å². The van der Waals surface area contributed by atoms with Crippen molar-refractivity contribution in [2.24, 2.45) is 0 Å². The molecule has 0 saturated heterocycles. The number of ether oxygens (including phenoxy) is 1. The Hall–Kier alpha value is -3.14. The lowest BCUT2D eigenvalue weighted by molar-refractivity contribution is 0.103. The quantitative estimate of drug-likeness (QED) is 0.402. The van der Waals surface area contributed by atoms with Crippen LogP contribution in [0.4, 0.5) is 5.82 Å². The Morgan fingerprint density at radius 1 is 1.07 bits per heavy atom. The van der Waals surface area contributed by atoms with Gasteiger partial charge < -0.3 is 10.1 Å². The van der Waals surface area contributed by atoms with Crippen molar-refractivity contribution in [3.63, 3.8) is 0 Å². The van der Waals surface area contributed by atoms with Crippen molar-refractivity contribution in [3.05, 3.63) is 89.1 Å². The topological polar surface area (TPSA) is 51.2 Å². The number of nitrogens with one attached hydrogen (secondary N) is 1. The molecule has 0 atom stereocenters. The molecule has 28 heavy (non-hydrogen) atoms. The average Bonchev–Trinajstić information content (AvgIpc) is 2.73. The van der Waals surface area contributed by atoms with Crippen LogP contribution >= 0.6 is 0 Å². The van der Waals surface area contributed by atoms with Crippen molar-refractivity contribution in [3.8, 4) is 5.75 Å². The van der Waals surface area contributed by atoms with Gasteiger partial charge in [0.2, 0.25) is 0 Å². The predicted molar refractivity (Wildman–Crippen MR) is 113 cm³/mol. The minimum Gasteiger partial charge on any atom is -0.489 e. The molecule has 1 aromatic heterocycles. The zero-order chi connectivity index (χ0) is 19.8. The van der Waals surface area contributed by atoms with Crippen LogP contribution in [0.2, 0.25) is 0 Å². The van der Waals surface area contributed by atoms with Gasteiger partial charge in [-0.2, -0.15) is 0 Å². The Labute approximate surface area is 166 Å². The Morgan fingerprint density at radius 2 is 1.93 bits per heavy atom. The van der Waals surface area contributed by atoms with Gasteiger partial charge in [-0.3, -0.25) is 4.79 Å². The number of aryl methyl sites for hydroxylation is 1. The molecular weight excluding hydrogens is 348 g/mol. The molecule has 0 aliphatic heterocycles. The van der Waals surface area contributed by atoms with Crippen LogP contribution in [0.5, 0.6) is 5.75 Å². The fourth-order valence-corrected chi connectivity index (χ4v) is 2.96. The molecule has 0 amide bonds. The molecule has 0 spiro atoms. The van der Waals surface area contributed by atoms with Crippen molar-refractivity contribution in [2.75, 3.05) is 11.9 Å². The fourth-order valence-electron chi connectivity index (χ4n) is 2.96. The summed E-state index contributed by atoms with van der Waals surface area (Å²) in [6.07, 6.45) is 3.82. The summed E-state index contributed by atoms with van der Waals surface area (Å²) in [7, 11) is 0. The van der Waals surface area contributed by atoms with E-state index < -0.39 is 0 Å². The standard InChI is InChI=1S/C24H26N2O2/c1-3-4-13-25-24-22(12-7-14-26-24)23(27)20-10-6-11-21(16-20)28-17-19-9-5-8-18(2)15-19/h5-12,14-16H,3-4,13,17H2,1-2H3,(H,25,26). The molecule has 0 aliphatic carbocycles. The molecule has 3 rings (SSSR count). The molecule has 1 N–H and O–H groups in total. The van der Waals surface area contributed by atoms with E-state index in [1.807, 2.05) is 36.4 Å². The maximum Gasteiger partial charge on any atom is 0.196 e. The lowest BCUT2D eigenvalue weighted by Gasteiger charge is -2.11. The third-order valence-corrected chi connectivity index (χ3v) is 4.46. The van der Waals surface area contributed by atoms with E-state index in [1.54, 1.807) is 18.3 Å². The lowest BCUT2D eigenvalue weighted by atomic mass is 10.0. The van der Waals surface area contributed by atoms with E-state index in [2.05, 4.69) is 36.3 Å². The molecule has 0 saturated carbocycles. The second-order valence-corrected chi connectivity index (χ2v) is 6.81. The van der Waals surface area contributed by atoms with Gasteiger partial charge in [0.05, 0.1) is 5.56 Å². The average molecular weight is 374 g/mol. The third kappa shape index (κ3) is 5.19. The Morgan fingerprint density at radius 3 is 2.75 bits per heavy atom. The summed E-state index contributed by atoms with van der Waals surface area (Å²) in [6, 6.07) is 19.1. The van der Waals surface area contributed by atoms with Crippen LogP contribution < -0.4 is 10.1 Å². The highest BCUT2D eigenvalue weighted by molar-refractivity contribution is 6.12. The number of benzene rings is 2. The second kappa shape index (κ2) is 9.70. The molecule has 4 heteroatoms. The molecule has 3 aromatic rings. The van der Waals surface area contributed by atoms with Gasteiger partial charge in [-0.1, -0.05) is 55.3 Å². The van der Waals surface area contributed by atoms with Crippen LogP contribution in [0.25, 0.3) is 0 Å². The molecule has 2 aromatic carbocycles. The van der Waals surface area contributed by atoms with Crippen LogP contribution in [-0.2, 0) is 6.61 Å². The lowest BCUT2D eigenvalue weighted by Crippen LogP contribution is -2.10. The number of carbonyl (C=O) groups is 1. The first kappa shape index (κ1) is 19.6. The van der Waals surface area contributed by atoms with Crippen LogP contribution in [-0.4, -0.2) is 17.3 Å². The van der Waals surface area contributed by atoms with Gasteiger partial charge >= 0.3 is 0 Å². The van der Waals surface area contributed by atoms with Crippen molar-refractivity contribution in [2.45, 2.75) is 33.3 Å². The Bertz CT molecular complexity index is 937. The highest BCUT2D eigenvalue weighted by Gasteiger charge is 2.15. The summed E-state index contributed by atoms with van der Waals surface area (Å²) < 4.78 is 5.90. The number of hydrogen-bond acceptors (Lipinski definition) is 4. The summed E-state index contributed by atoms with van der Waals surface area (Å²) in [5, 5.41) is 3.27. The van der Waals surface area contributed by atoms with E-state index in [-0.39, 0.29) is 5.78 Å². The van der Waals surface area contributed by atoms with Gasteiger partial charge in [-0.25, -0.2) is 4.98 Å². The number of anilines is 1. The molecule has 0 radical (unpaired) electrons. The summed E-state index contributed by atoms with van der Waals surface area (Å²) in [6.45, 7) is 5.46. The number of unbranched alkanes of at least 4 members (excludes halogenated alkanes) is 1. The fraction of sp³-hybridized carbons (Fsp3) is 0.250. The van der Waals surface area contributed by atoms with Crippen molar-refractivity contribution < 1.29 is 9.53 Å².